The molecule has 2 unspecified atom stereocenters. The topological polar surface area (TPSA) is 100 Å². The van der Waals surface area contributed by atoms with Crippen LogP contribution in [0.15, 0.2) is 36.7 Å². The van der Waals surface area contributed by atoms with Gasteiger partial charge in [0.05, 0.1) is 18.9 Å². The standard InChI is InChI=1S/C20H17F3N4O3S/c1-30-17-7-12-10(8-24-20-14(12)9-25-27-20)6-13(17)18-16(22)3-2-11(19(18)23)15(21)4-5-26-31(28)29/h2-3,6-9,15,26H,4-5H2,1H3,(H,28,29)(H,24,25,27). The van der Waals surface area contributed by atoms with E-state index in [1.54, 1.807) is 12.3 Å². The van der Waals surface area contributed by atoms with Gasteiger partial charge in [-0.25, -0.2) is 27.1 Å². The number of aromatic nitrogens is 3. The summed E-state index contributed by atoms with van der Waals surface area (Å²) in [6, 6.07) is 5.17. The Labute approximate surface area is 177 Å². The fraction of sp³-hybridized carbons (Fsp3) is 0.200. The van der Waals surface area contributed by atoms with Crippen molar-refractivity contribution in [3.8, 4) is 16.9 Å². The Balaban J connectivity index is 1.83. The van der Waals surface area contributed by atoms with Crippen molar-refractivity contribution in [2.75, 3.05) is 13.7 Å². The first-order valence-electron chi connectivity index (χ1n) is 9.17. The lowest BCUT2D eigenvalue weighted by Gasteiger charge is -2.16. The van der Waals surface area contributed by atoms with Crippen LogP contribution in [0.5, 0.6) is 5.75 Å². The zero-order valence-electron chi connectivity index (χ0n) is 16.2. The first-order valence-corrected chi connectivity index (χ1v) is 10.3. The van der Waals surface area contributed by atoms with Gasteiger partial charge in [0.25, 0.3) is 0 Å². The Morgan fingerprint density at radius 2 is 2.06 bits per heavy atom. The van der Waals surface area contributed by atoms with Crippen molar-refractivity contribution in [3.05, 3.63) is 53.9 Å². The van der Waals surface area contributed by atoms with Gasteiger partial charge in [-0.05, 0) is 30.0 Å². The summed E-state index contributed by atoms with van der Waals surface area (Å²) >= 11 is -2.31. The molecule has 0 aliphatic rings. The van der Waals surface area contributed by atoms with Crippen LogP contribution in [0.3, 0.4) is 0 Å². The van der Waals surface area contributed by atoms with Crippen molar-refractivity contribution >= 4 is 33.1 Å². The molecule has 162 valence electrons. The molecular weight excluding hydrogens is 433 g/mol. The summed E-state index contributed by atoms with van der Waals surface area (Å²) < 4.78 is 71.5. The minimum atomic E-state index is -2.31. The van der Waals surface area contributed by atoms with E-state index in [0.29, 0.717) is 11.0 Å². The summed E-state index contributed by atoms with van der Waals surface area (Å²) in [6.07, 6.45) is 1.05. The third kappa shape index (κ3) is 3.99. The average Bonchev–Trinajstić information content (AvgIpc) is 3.22. The van der Waals surface area contributed by atoms with E-state index in [4.69, 9.17) is 9.29 Å². The average molecular weight is 450 g/mol. The van der Waals surface area contributed by atoms with E-state index >= 15 is 4.39 Å². The maximum Gasteiger partial charge on any atom is 0.231 e. The van der Waals surface area contributed by atoms with Crippen molar-refractivity contribution in [3.63, 3.8) is 0 Å². The second-order valence-electron chi connectivity index (χ2n) is 6.76. The Bertz CT molecular complexity index is 1300. The van der Waals surface area contributed by atoms with Crippen LogP contribution in [0.2, 0.25) is 0 Å². The van der Waals surface area contributed by atoms with Gasteiger partial charge in [-0.1, -0.05) is 6.07 Å². The van der Waals surface area contributed by atoms with Gasteiger partial charge in [-0.3, -0.25) is 9.65 Å². The maximum atomic E-state index is 15.3. The summed E-state index contributed by atoms with van der Waals surface area (Å²) in [7, 11) is 1.37. The van der Waals surface area contributed by atoms with Crippen molar-refractivity contribution in [1.82, 2.24) is 19.9 Å². The normalized spacial score (nSPS) is 13.6. The summed E-state index contributed by atoms with van der Waals surface area (Å²) in [4.78, 5) is 4.24. The smallest absolute Gasteiger partial charge is 0.231 e. The van der Waals surface area contributed by atoms with Gasteiger partial charge in [-0.15, -0.1) is 0 Å². The van der Waals surface area contributed by atoms with Gasteiger partial charge in [0, 0.05) is 34.6 Å². The SMILES string of the molecule is COc1cc2c(cnc3[nH]ncc32)cc1-c1c(F)ccc(C(F)CCNS(=O)O)c1F. The lowest BCUT2D eigenvalue weighted by Crippen LogP contribution is -2.19. The van der Waals surface area contributed by atoms with Gasteiger partial charge in [0.2, 0.25) is 11.3 Å². The number of halogens is 3. The zero-order valence-corrected chi connectivity index (χ0v) is 17.0. The number of aromatic amines is 1. The predicted octanol–water partition coefficient (Wildman–Crippen LogP) is 4.19. The molecule has 4 aromatic rings. The molecule has 0 fully saturated rings. The van der Waals surface area contributed by atoms with E-state index in [-0.39, 0.29) is 29.8 Å². The van der Waals surface area contributed by atoms with Crippen LogP contribution in [0.25, 0.3) is 32.9 Å². The Morgan fingerprint density at radius 1 is 1.26 bits per heavy atom. The van der Waals surface area contributed by atoms with Gasteiger partial charge in [0.15, 0.2) is 5.65 Å². The minimum Gasteiger partial charge on any atom is -0.496 e. The number of nitrogens with zero attached hydrogens (tertiary/aromatic N) is 2. The molecule has 0 aliphatic carbocycles. The fourth-order valence-corrected chi connectivity index (χ4v) is 3.79. The lowest BCUT2D eigenvalue weighted by molar-refractivity contribution is 0.314. The van der Waals surface area contributed by atoms with Crippen LogP contribution in [0.1, 0.15) is 18.2 Å². The molecule has 0 spiro atoms. The fourth-order valence-electron chi connectivity index (χ4n) is 3.50. The third-order valence-electron chi connectivity index (χ3n) is 4.96. The van der Waals surface area contributed by atoms with E-state index in [9.17, 15) is 13.0 Å². The number of pyridine rings is 1. The molecule has 0 saturated carbocycles. The summed E-state index contributed by atoms with van der Waals surface area (Å²) in [5.41, 5.74) is -0.116. The molecule has 0 saturated heterocycles. The molecule has 0 amide bonds. The third-order valence-corrected chi connectivity index (χ3v) is 5.42. The lowest BCUT2D eigenvalue weighted by atomic mass is 9.95. The van der Waals surface area contributed by atoms with E-state index in [0.717, 1.165) is 22.9 Å². The number of ether oxygens (including phenoxy) is 1. The summed E-state index contributed by atoms with van der Waals surface area (Å²) in [5, 5.41) is 8.75. The van der Waals surface area contributed by atoms with Crippen LogP contribution in [0, 0.1) is 11.6 Å². The molecule has 2 aromatic heterocycles. The van der Waals surface area contributed by atoms with Crippen LogP contribution in [-0.4, -0.2) is 37.6 Å². The van der Waals surface area contributed by atoms with E-state index in [2.05, 4.69) is 19.9 Å². The highest BCUT2D eigenvalue weighted by Crippen LogP contribution is 2.40. The van der Waals surface area contributed by atoms with E-state index < -0.39 is 34.6 Å². The number of nitrogens with one attached hydrogen (secondary N) is 2. The zero-order chi connectivity index (χ0) is 22.1. The highest BCUT2D eigenvalue weighted by Gasteiger charge is 2.24. The second kappa shape index (κ2) is 8.61. The molecule has 2 heterocycles. The quantitative estimate of drug-likeness (QED) is 0.367. The van der Waals surface area contributed by atoms with Crippen molar-refractivity contribution < 1.29 is 26.7 Å². The highest BCUT2D eigenvalue weighted by molar-refractivity contribution is 7.77. The molecule has 2 aromatic carbocycles. The van der Waals surface area contributed by atoms with Crippen LogP contribution < -0.4 is 9.46 Å². The molecule has 0 aliphatic heterocycles. The predicted molar refractivity (Wildman–Crippen MR) is 111 cm³/mol. The maximum absolute atomic E-state index is 15.3. The van der Waals surface area contributed by atoms with Crippen molar-refractivity contribution in [2.45, 2.75) is 12.6 Å². The highest BCUT2D eigenvalue weighted by atomic mass is 32.2. The monoisotopic (exact) mass is 450 g/mol. The van der Waals surface area contributed by atoms with Gasteiger partial charge in [0.1, 0.15) is 23.6 Å². The number of benzene rings is 2. The minimum absolute atomic E-state index is 0.110. The number of methoxy groups -OCH3 is 1. The molecular formula is C20H17F3N4O3S. The number of alkyl halides is 1. The molecule has 4 rings (SSSR count). The number of hydrogen-bond acceptors (Lipinski definition) is 4. The van der Waals surface area contributed by atoms with E-state index in [1.807, 2.05) is 0 Å². The number of rotatable bonds is 7. The molecule has 31 heavy (non-hydrogen) atoms. The first-order chi connectivity index (χ1) is 14.9. The van der Waals surface area contributed by atoms with Crippen molar-refractivity contribution in [1.29, 1.82) is 0 Å². The second-order valence-corrected chi connectivity index (χ2v) is 7.54. The molecule has 2 atom stereocenters. The Kier molecular flexibility index (Phi) is 5.90. The van der Waals surface area contributed by atoms with Gasteiger partial charge < -0.3 is 4.74 Å². The number of H-pyrrole nitrogens is 1. The van der Waals surface area contributed by atoms with Crippen LogP contribution in [0.4, 0.5) is 13.2 Å². The van der Waals surface area contributed by atoms with E-state index in [1.165, 1.54) is 19.4 Å². The van der Waals surface area contributed by atoms with Crippen molar-refractivity contribution in [2.24, 2.45) is 0 Å². The summed E-state index contributed by atoms with van der Waals surface area (Å²) in [5.74, 6) is -1.74. The van der Waals surface area contributed by atoms with Gasteiger partial charge >= 0.3 is 0 Å². The molecule has 0 radical (unpaired) electrons. The van der Waals surface area contributed by atoms with Gasteiger partial charge in [-0.2, -0.15) is 5.10 Å². The molecule has 7 nitrogen and oxygen atoms in total. The molecule has 3 N–H and O–H groups in total. The van der Waals surface area contributed by atoms with Crippen LogP contribution >= 0.6 is 0 Å². The Morgan fingerprint density at radius 3 is 2.81 bits per heavy atom. The number of hydrogen-bond donors (Lipinski definition) is 3. The molecule has 0 bridgehead atoms. The first kappa shape index (κ1) is 21.2. The van der Waals surface area contributed by atoms with Crippen LogP contribution in [-0.2, 0) is 11.3 Å². The summed E-state index contributed by atoms with van der Waals surface area (Å²) in [6.45, 7) is -0.165. The molecule has 11 heteroatoms. The largest absolute Gasteiger partial charge is 0.496 e. The number of fused-ring (bicyclic) bond motifs is 3. The Hall–Kier alpha value is -3.02.